The quantitative estimate of drug-likeness (QED) is 0.674. The molecule has 2 heterocycles. The number of hydrogen-bond donors (Lipinski definition) is 1. The second-order valence-corrected chi connectivity index (χ2v) is 11.7. The predicted molar refractivity (Wildman–Crippen MR) is 97.1 cm³/mol. The van der Waals surface area contributed by atoms with Crippen molar-refractivity contribution in [1.82, 2.24) is 9.21 Å². The number of carbonyl (C=O) groups is 1. The van der Waals surface area contributed by atoms with E-state index in [4.69, 9.17) is 9.90 Å². The van der Waals surface area contributed by atoms with Gasteiger partial charge in [0.1, 0.15) is 0 Å². The van der Waals surface area contributed by atoms with Gasteiger partial charge >= 0.3 is 12.1 Å². The Morgan fingerprint density at radius 2 is 1.68 bits per heavy atom. The molecule has 0 aromatic rings. The summed E-state index contributed by atoms with van der Waals surface area (Å²) in [6.45, 7) is 6.80. The van der Waals surface area contributed by atoms with E-state index in [1.165, 1.54) is 10.6 Å². The molecule has 8 nitrogen and oxygen atoms in total. The predicted octanol–water partition coefficient (Wildman–Crippen LogP) is 0.799. The average molecular weight is 453 g/mol. The van der Waals surface area contributed by atoms with Gasteiger partial charge in [-0.1, -0.05) is 13.8 Å². The van der Waals surface area contributed by atoms with Crippen LogP contribution in [0.4, 0.5) is 13.2 Å². The van der Waals surface area contributed by atoms with Crippen molar-refractivity contribution in [3.63, 3.8) is 0 Å². The molecule has 2 saturated heterocycles. The van der Waals surface area contributed by atoms with Gasteiger partial charge in [-0.25, -0.2) is 21.6 Å². The van der Waals surface area contributed by atoms with Gasteiger partial charge < -0.3 is 10.0 Å². The molecule has 1 N–H and O–H groups in total. The van der Waals surface area contributed by atoms with Gasteiger partial charge in [0.05, 0.1) is 17.3 Å². The maximum absolute atomic E-state index is 12.3. The van der Waals surface area contributed by atoms with Crippen molar-refractivity contribution in [2.75, 3.05) is 38.2 Å². The summed E-state index contributed by atoms with van der Waals surface area (Å²) in [7, 11) is -6.54. The third-order valence-electron chi connectivity index (χ3n) is 4.62. The lowest BCUT2D eigenvalue weighted by Crippen LogP contribution is -2.56. The van der Waals surface area contributed by atoms with E-state index in [-0.39, 0.29) is 12.3 Å². The first-order chi connectivity index (χ1) is 12.6. The topological polar surface area (TPSA) is 112 Å². The number of halogens is 3. The Hall–Kier alpha value is -0.920. The molecular formula is C15H27F3N2O6S2. The zero-order valence-corrected chi connectivity index (χ0v) is 17.6. The van der Waals surface area contributed by atoms with Gasteiger partial charge in [0.25, 0.3) is 0 Å². The maximum Gasteiger partial charge on any atom is 0.490 e. The maximum atomic E-state index is 12.3. The molecule has 0 aliphatic carbocycles. The Balaban J connectivity index is 0.000000480. The van der Waals surface area contributed by atoms with E-state index in [9.17, 15) is 30.0 Å². The fourth-order valence-electron chi connectivity index (χ4n) is 3.51. The molecule has 0 amide bonds. The van der Waals surface area contributed by atoms with Crippen LogP contribution in [0.3, 0.4) is 0 Å². The van der Waals surface area contributed by atoms with Crippen molar-refractivity contribution < 1.29 is 39.9 Å². The van der Waals surface area contributed by atoms with Crippen LogP contribution in [0.1, 0.15) is 26.7 Å². The van der Waals surface area contributed by atoms with Gasteiger partial charge in [-0.2, -0.15) is 17.5 Å². The molecule has 0 bridgehead atoms. The summed E-state index contributed by atoms with van der Waals surface area (Å²) < 4.78 is 81.7. The number of aliphatic carboxylic acids is 1. The van der Waals surface area contributed by atoms with Crippen LogP contribution in [0.15, 0.2) is 0 Å². The standard InChI is InChI=1S/C13H26N2O4S2.C2HF3O2/c1-11(2)10-14-6-4-12-13(5-7-14)21(18,19)9-8-15(12)20(3,16)17;3-2(4,5)1(6)7/h11-13H,4-10H2,1-3H3;(H,6,7)/t12-,13+;/m0./s1. The highest BCUT2D eigenvalue weighted by Gasteiger charge is 2.45. The number of alkyl halides is 3. The highest BCUT2D eigenvalue weighted by Crippen LogP contribution is 2.29. The molecule has 2 aliphatic heterocycles. The first kappa shape index (κ1) is 25.1. The van der Waals surface area contributed by atoms with Gasteiger partial charge in [-0.15, -0.1) is 0 Å². The first-order valence-corrected chi connectivity index (χ1v) is 12.3. The average Bonchev–Trinajstić information content (AvgIpc) is 2.68. The van der Waals surface area contributed by atoms with Gasteiger partial charge in [-0.3, -0.25) is 0 Å². The lowest BCUT2D eigenvalue weighted by molar-refractivity contribution is -0.192. The summed E-state index contributed by atoms with van der Waals surface area (Å²) in [5, 5.41) is 6.58. The van der Waals surface area contributed by atoms with Crippen LogP contribution in [0.25, 0.3) is 0 Å². The van der Waals surface area contributed by atoms with Crippen LogP contribution in [0.2, 0.25) is 0 Å². The second kappa shape index (κ2) is 9.26. The number of rotatable bonds is 3. The third kappa shape index (κ3) is 7.16. The Bertz CT molecular complexity index is 752. The molecule has 13 heteroatoms. The first-order valence-electron chi connectivity index (χ1n) is 8.76. The Morgan fingerprint density at radius 3 is 2.11 bits per heavy atom. The molecule has 0 unspecified atom stereocenters. The lowest BCUT2D eigenvalue weighted by Gasteiger charge is -2.38. The molecule has 2 rings (SSSR count). The van der Waals surface area contributed by atoms with E-state index in [1.807, 2.05) is 0 Å². The van der Waals surface area contributed by atoms with E-state index in [0.717, 1.165) is 19.6 Å². The number of carboxylic acids is 1. The second-order valence-electron chi connectivity index (χ2n) is 7.42. The smallest absolute Gasteiger partial charge is 0.475 e. The summed E-state index contributed by atoms with van der Waals surface area (Å²) in [6.07, 6.45) is -2.77. The fraction of sp³-hybridized carbons (Fsp3) is 0.933. The van der Waals surface area contributed by atoms with Crippen LogP contribution < -0.4 is 0 Å². The molecule has 2 fully saturated rings. The Labute approximate surface area is 163 Å². The summed E-state index contributed by atoms with van der Waals surface area (Å²) in [4.78, 5) is 11.2. The molecule has 0 radical (unpaired) electrons. The number of likely N-dealkylation sites (tertiary alicyclic amines) is 1. The van der Waals surface area contributed by atoms with Gasteiger partial charge in [0, 0.05) is 19.1 Å². The summed E-state index contributed by atoms with van der Waals surface area (Å²) in [5.41, 5.74) is 0. The number of sulfonamides is 1. The Kier molecular flexibility index (Phi) is 8.31. The number of fused-ring (bicyclic) bond motifs is 1. The monoisotopic (exact) mass is 452 g/mol. The number of nitrogens with zero attached hydrogens (tertiary/aromatic N) is 2. The van der Waals surface area contributed by atoms with Crippen molar-refractivity contribution in [1.29, 1.82) is 0 Å². The van der Waals surface area contributed by atoms with E-state index >= 15 is 0 Å². The van der Waals surface area contributed by atoms with Crippen LogP contribution in [0, 0.1) is 5.92 Å². The minimum atomic E-state index is -5.08. The van der Waals surface area contributed by atoms with E-state index < -0.39 is 43.3 Å². The van der Waals surface area contributed by atoms with E-state index in [1.54, 1.807) is 0 Å². The normalized spacial score (nSPS) is 26.7. The van der Waals surface area contributed by atoms with Crippen molar-refractivity contribution >= 4 is 25.8 Å². The molecule has 2 aliphatic rings. The van der Waals surface area contributed by atoms with Crippen LogP contribution in [0.5, 0.6) is 0 Å². The number of carboxylic acid groups (broad SMARTS) is 1. The fourth-order valence-corrected chi connectivity index (χ4v) is 6.85. The number of hydrogen-bond acceptors (Lipinski definition) is 6. The molecular weight excluding hydrogens is 425 g/mol. The highest BCUT2D eigenvalue weighted by atomic mass is 32.2. The molecule has 0 spiro atoms. The summed E-state index contributed by atoms with van der Waals surface area (Å²) >= 11 is 0. The molecule has 0 aromatic heterocycles. The van der Waals surface area contributed by atoms with Gasteiger partial charge in [0.15, 0.2) is 9.84 Å². The van der Waals surface area contributed by atoms with Crippen molar-refractivity contribution in [3.8, 4) is 0 Å². The van der Waals surface area contributed by atoms with Crippen LogP contribution in [-0.4, -0.2) is 92.8 Å². The molecule has 0 aromatic carbocycles. The summed E-state index contributed by atoms with van der Waals surface area (Å²) in [6, 6.07) is -0.393. The molecule has 2 atom stereocenters. The van der Waals surface area contributed by atoms with Gasteiger partial charge in [0.2, 0.25) is 10.0 Å². The van der Waals surface area contributed by atoms with Crippen molar-refractivity contribution in [2.45, 2.75) is 44.2 Å². The van der Waals surface area contributed by atoms with Crippen molar-refractivity contribution in [2.24, 2.45) is 5.92 Å². The zero-order chi connectivity index (χ0) is 21.9. The van der Waals surface area contributed by atoms with Crippen LogP contribution in [-0.2, 0) is 24.7 Å². The zero-order valence-electron chi connectivity index (χ0n) is 16.0. The largest absolute Gasteiger partial charge is 0.490 e. The minimum Gasteiger partial charge on any atom is -0.475 e. The summed E-state index contributed by atoms with van der Waals surface area (Å²) in [5.74, 6) is -2.29. The molecule has 0 saturated carbocycles. The molecule has 166 valence electrons. The lowest BCUT2D eigenvalue weighted by atomic mass is 10.1. The third-order valence-corrected chi connectivity index (χ3v) is 8.15. The Morgan fingerprint density at radius 1 is 1.18 bits per heavy atom. The highest BCUT2D eigenvalue weighted by molar-refractivity contribution is 7.92. The molecule has 28 heavy (non-hydrogen) atoms. The number of sulfone groups is 1. The van der Waals surface area contributed by atoms with E-state index in [0.29, 0.717) is 18.8 Å². The van der Waals surface area contributed by atoms with Crippen LogP contribution >= 0.6 is 0 Å². The SMILES string of the molecule is CC(C)CN1CC[C@@H]2[C@H](CC1)N(S(C)(=O)=O)CCS2(=O)=O.O=C(O)C(F)(F)F. The minimum absolute atomic E-state index is 0.0502. The van der Waals surface area contributed by atoms with Gasteiger partial charge in [-0.05, 0) is 31.8 Å². The van der Waals surface area contributed by atoms with Crippen molar-refractivity contribution in [3.05, 3.63) is 0 Å². The van der Waals surface area contributed by atoms with E-state index in [2.05, 4.69) is 18.7 Å².